The zero-order valence-corrected chi connectivity index (χ0v) is 14.0. The maximum atomic E-state index is 12.2. The first kappa shape index (κ1) is 18.5. The summed E-state index contributed by atoms with van der Waals surface area (Å²) in [6.07, 6.45) is 1.62. The number of hydrogen-bond acceptors (Lipinski definition) is 4. The molecule has 0 fully saturated rings. The highest BCUT2D eigenvalue weighted by Gasteiger charge is 2.16. The Bertz CT molecular complexity index is 552. The van der Waals surface area contributed by atoms with E-state index < -0.39 is 6.09 Å². The van der Waals surface area contributed by atoms with E-state index in [1.54, 1.807) is 14.0 Å². The van der Waals surface area contributed by atoms with Crippen LogP contribution in [0.1, 0.15) is 38.8 Å². The number of methoxy groups -OCH3 is 1. The lowest BCUT2D eigenvalue weighted by Gasteiger charge is -2.16. The van der Waals surface area contributed by atoms with Crippen molar-refractivity contribution in [3.05, 3.63) is 41.6 Å². The second-order valence-electron chi connectivity index (χ2n) is 4.93. The lowest BCUT2D eigenvalue weighted by atomic mass is 10.1. The quantitative estimate of drug-likeness (QED) is 0.757. The van der Waals surface area contributed by atoms with Crippen LogP contribution in [0.25, 0.3) is 0 Å². The van der Waals surface area contributed by atoms with Gasteiger partial charge in [-0.2, -0.15) is 0 Å². The zero-order chi connectivity index (χ0) is 17.2. The van der Waals surface area contributed by atoms with Crippen LogP contribution in [-0.4, -0.2) is 25.7 Å². The van der Waals surface area contributed by atoms with Gasteiger partial charge in [0.05, 0.1) is 19.8 Å². The predicted molar refractivity (Wildman–Crippen MR) is 88.1 cm³/mol. The van der Waals surface area contributed by atoms with Crippen LogP contribution in [0.4, 0.5) is 4.79 Å². The van der Waals surface area contributed by atoms with Gasteiger partial charge in [-0.3, -0.25) is 10.1 Å². The van der Waals surface area contributed by atoms with Crippen LogP contribution >= 0.6 is 0 Å². The van der Waals surface area contributed by atoms with Crippen LogP contribution in [-0.2, 0) is 9.53 Å². The number of nitrogens with one attached hydrogen (secondary N) is 2. The fraction of sp³-hybridized carbons (Fsp3) is 0.412. The Morgan fingerprint density at radius 3 is 2.43 bits per heavy atom. The Kier molecular flexibility index (Phi) is 7.66. The summed E-state index contributed by atoms with van der Waals surface area (Å²) in [6.45, 7) is 5.75. The number of amides is 2. The number of hydrogen-bond donors (Lipinski definition) is 2. The van der Waals surface area contributed by atoms with Crippen LogP contribution < -0.4 is 15.4 Å². The highest BCUT2D eigenvalue weighted by molar-refractivity contribution is 5.96. The monoisotopic (exact) mass is 320 g/mol. The van der Waals surface area contributed by atoms with Gasteiger partial charge >= 0.3 is 6.09 Å². The molecule has 0 aliphatic carbocycles. The molecule has 0 radical (unpaired) electrons. The Morgan fingerprint density at radius 1 is 1.26 bits per heavy atom. The summed E-state index contributed by atoms with van der Waals surface area (Å²) < 4.78 is 10.0. The molecule has 1 aromatic carbocycles. The lowest BCUT2D eigenvalue weighted by molar-refractivity contribution is -0.118. The second-order valence-corrected chi connectivity index (χ2v) is 4.93. The van der Waals surface area contributed by atoms with Crippen molar-refractivity contribution in [1.29, 1.82) is 0 Å². The average molecular weight is 320 g/mol. The number of carbonyl (C=O) groups is 2. The highest BCUT2D eigenvalue weighted by atomic mass is 16.5. The van der Waals surface area contributed by atoms with Crippen molar-refractivity contribution < 1.29 is 19.1 Å². The van der Waals surface area contributed by atoms with E-state index in [1.807, 2.05) is 38.1 Å². The molecule has 6 nitrogen and oxygen atoms in total. The molecule has 2 amide bonds. The van der Waals surface area contributed by atoms with Crippen molar-refractivity contribution in [2.45, 2.75) is 33.2 Å². The van der Waals surface area contributed by atoms with Gasteiger partial charge in [0.25, 0.3) is 5.91 Å². The number of allylic oxidation sites excluding steroid dienone is 1. The van der Waals surface area contributed by atoms with Crippen LogP contribution in [0.3, 0.4) is 0 Å². The molecule has 1 aromatic rings. The SMILES string of the molecule is CC=C(NC(=O)OCCC)C(=O)NC(C)c1ccc(OC)cc1. The van der Waals surface area contributed by atoms with E-state index in [1.165, 1.54) is 6.08 Å². The average Bonchev–Trinajstić information content (AvgIpc) is 2.57. The fourth-order valence-electron chi connectivity index (χ4n) is 1.85. The van der Waals surface area contributed by atoms with Gasteiger partial charge in [-0.05, 0) is 38.0 Å². The highest BCUT2D eigenvalue weighted by Crippen LogP contribution is 2.17. The maximum Gasteiger partial charge on any atom is 0.411 e. The Labute approximate surface area is 136 Å². The largest absolute Gasteiger partial charge is 0.497 e. The minimum atomic E-state index is -0.632. The van der Waals surface area contributed by atoms with Crippen LogP contribution in [0.5, 0.6) is 5.75 Å². The molecule has 0 bridgehead atoms. The summed E-state index contributed by atoms with van der Waals surface area (Å²) in [5.41, 5.74) is 1.09. The standard InChI is InChI=1S/C17H24N2O4/c1-5-11-23-17(21)19-15(6-2)16(20)18-12(3)13-7-9-14(22-4)10-8-13/h6-10,12H,5,11H2,1-4H3,(H,18,20)(H,19,21). The molecule has 0 aliphatic rings. The maximum absolute atomic E-state index is 12.2. The number of rotatable bonds is 7. The van der Waals surface area contributed by atoms with Crippen molar-refractivity contribution in [2.24, 2.45) is 0 Å². The Hall–Kier alpha value is -2.50. The molecule has 0 saturated carbocycles. The van der Waals surface area contributed by atoms with Crippen molar-refractivity contribution in [2.75, 3.05) is 13.7 Å². The molecule has 1 unspecified atom stereocenters. The van der Waals surface area contributed by atoms with Gasteiger partial charge < -0.3 is 14.8 Å². The Morgan fingerprint density at radius 2 is 1.91 bits per heavy atom. The van der Waals surface area contributed by atoms with Crippen molar-refractivity contribution >= 4 is 12.0 Å². The van der Waals surface area contributed by atoms with E-state index in [0.717, 1.165) is 17.7 Å². The van der Waals surface area contributed by atoms with E-state index in [4.69, 9.17) is 9.47 Å². The van der Waals surface area contributed by atoms with Gasteiger partial charge in [0.2, 0.25) is 0 Å². The summed E-state index contributed by atoms with van der Waals surface area (Å²) in [6, 6.07) is 7.20. The molecule has 0 spiro atoms. The molecule has 0 aliphatic heterocycles. The molecule has 6 heteroatoms. The molecule has 0 saturated heterocycles. The number of alkyl carbamates (subject to hydrolysis) is 1. The summed E-state index contributed by atoms with van der Waals surface area (Å²) in [5.74, 6) is 0.381. The molecular formula is C17H24N2O4. The smallest absolute Gasteiger partial charge is 0.411 e. The van der Waals surface area contributed by atoms with Gasteiger partial charge in [-0.25, -0.2) is 4.79 Å². The van der Waals surface area contributed by atoms with Crippen molar-refractivity contribution in [1.82, 2.24) is 10.6 Å². The number of ether oxygens (including phenoxy) is 2. The molecule has 0 aromatic heterocycles. The van der Waals surface area contributed by atoms with Crippen molar-refractivity contribution in [3.8, 4) is 5.75 Å². The Balaban J connectivity index is 2.62. The summed E-state index contributed by atoms with van der Waals surface area (Å²) in [5, 5.41) is 5.27. The summed E-state index contributed by atoms with van der Waals surface area (Å²) >= 11 is 0. The first-order valence-electron chi connectivity index (χ1n) is 7.56. The third-order valence-corrected chi connectivity index (χ3v) is 3.17. The van der Waals surface area contributed by atoms with E-state index >= 15 is 0 Å². The fourth-order valence-corrected chi connectivity index (χ4v) is 1.85. The topological polar surface area (TPSA) is 76.7 Å². The normalized spacial score (nSPS) is 12.3. The summed E-state index contributed by atoms with van der Waals surface area (Å²) in [4.78, 5) is 23.7. The van der Waals surface area contributed by atoms with Gasteiger partial charge in [0.1, 0.15) is 11.4 Å². The second kappa shape index (κ2) is 9.50. The van der Waals surface area contributed by atoms with Crippen LogP contribution in [0.2, 0.25) is 0 Å². The predicted octanol–water partition coefficient (Wildman–Crippen LogP) is 2.91. The molecule has 0 heterocycles. The van der Waals surface area contributed by atoms with E-state index in [-0.39, 0.29) is 17.6 Å². The molecule has 23 heavy (non-hydrogen) atoms. The molecule has 1 atom stereocenters. The minimum Gasteiger partial charge on any atom is -0.497 e. The number of benzene rings is 1. The van der Waals surface area contributed by atoms with E-state index in [9.17, 15) is 9.59 Å². The third kappa shape index (κ3) is 6.02. The zero-order valence-electron chi connectivity index (χ0n) is 14.0. The van der Waals surface area contributed by atoms with Crippen LogP contribution in [0.15, 0.2) is 36.0 Å². The first-order valence-corrected chi connectivity index (χ1v) is 7.56. The number of carbonyl (C=O) groups excluding carboxylic acids is 2. The van der Waals surface area contributed by atoms with Crippen LogP contribution in [0, 0.1) is 0 Å². The van der Waals surface area contributed by atoms with E-state index in [2.05, 4.69) is 10.6 Å². The van der Waals surface area contributed by atoms with Gasteiger partial charge in [0.15, 0.2) is 0 Å². The molecular weight excluding hydrogens is 296 g/mol. The molecule has 2 N–H and O–H groups in total. The summed E-state index contributed by atoms with van der Waals surface area (Å²) in [7, 11) is 1.60. The van der Waals surface area contributed by atoms with Gasteiger partial charge in [-0.15, -0.1) is 0 Å². The molecule has 1 rings (SSSR count). The first-order chi connectivity index (χ1) is 11.0. The lowest BCUT2D eigenvalue weighted by Crippen LogP contribution is -2.36. The van der Waals surface area contributed by atoms with E-state index in [0.29, 0.717) is 6.61 Å². The van der Waals surface area contributed by atoms with Gasteiger partial charge in [-0.1, -0.05) is 25.1 Å². The minimum absolute atomic E-state index is 0.159. The van der Waals surface area contributed by atoms with Gasteiger partial charge in [0, 0.05) is 0 Å². The molecule has 126 valence electrons. The third-order valence-electron chi connectivity index (χ3n) is 3.17. The van der Waals surface area contributed by atoms with Crippen molar-refractivity contribution in [3.63, 3.8) is 0 Å².